The first-order valence-electron chi connectivity index (χ1n) is 11.1. The van der Waals surface area contributed by atoms with Crippen molar-refractivity contribution < 1.29 is 39.7 Å². The lowest BCUT2D eigenvalue weighted by molar-refractivity contribution is -0.296. The van der Waals surface area contributed by atoms with E-state index in [2.05, 4.69) is 0 Å². The highest BCUT2D eigenvalue weighted by atomic mass is 16.7. The highest BCUT2D eigenvalue weighted by molar-refractivity contribution is 5.01. The summed E-state index contributed by atoms with van der Waals surface area (Å²) >= 11 is 0. The largest absolute Gasteiger partial charge is 0.394 e. The van der Waals surface area contributed by atoms with E-state index in [9.17, 15) is 25.5 Å². The van der Waals surface area contributed by atoms with Crippen molar-refractivity contribution >= 4 is 0 Å². The smallest absolute Gasteiger partial charge is 0.176 e. The maximum Gasteiger partial charge on any atom is 0.176 e. The molecule has 0 unspecified atom stereocenters. The fourth-order valence-corrected chi connectivity index (χ4v) is 4.88. The van der Waals surface area contributed by atoms with Gasteiger partial charge in [0, 0.05) is 18.1 Å². The summed E-state index contributed by atoms with van der Waals surface area (Å²) < 4.78 is 17.5. The van der Waals surface area contributed by atoms with Crippen molar-refractivity contribution in [2.45, 2.75) is 98.6 Å². The molecule has 1 saturated heterocycles. The molecule has 0 spiro atoms. The van der Waals surface area contributed by atoms with Crippen molar-refractivity contribution in [2.24, 2.45) is 34.6 Å². The van der Waals surface area contributed by atoms with Gasteiger partial charge in [0.05, 0.1) is 24.9 Å². The van der Waals surface area contributed by atoms with E-state index in [0.29, 0.717) is 12.8 Å². The molecule has 188 valence electrons. The van der Waals surface area contributed by atoms with Gasteiger partial charge >= 0.3 is 0 Å². The van der Waals surface area contributed by atoms with Crippen LogP contribution in [0, 0.1) is 5.92 Å². The molecule has 13 nitrogen and oxygen atoms in total. The monoisotopic (exact) mass is 465 g/mol. The lowest BCUT2D eigenvalue weighted by Crippen LogP contribution is -2.68. The molecule has 0 bridgehead atoms. The average Bonchev–Trinajstić information content (AvgIpc) is 2.75. The van der Waals surface area contributed by atoms with Gasteiger partial charge in [0.15, 0.2) is 6.29 Å². The van der Waals surface area contributed by atoms with Crippen LogP contribution in [0.4, 0.5) is 0 Å². The first-order valence-corrected chi connectivity index (χ1v) is 11.1. The second-order valence-electron chi connectivity index (χ2n) is 9.28. The van der Waals surface area contributed by atoms with Crippen LogP contribution in [0.2, 0.25) is 0 Å². The van der Waals surface area contributed by atoms with E-state index in [1.54, 1.807) is 0 Å². The van der Waals surface area contributed by atoms with E-state index in [0.717, 1.165) is 0 Å². The Hall–Kier alpha value is -0.520. The quantitative estimate of drug-likeness (QED) is 0.176. The minimum atomic E-state index is -1.41. The Balaban J connectivity index is 1.70. The summed E-state index contributed by atoms with van der Waals surface area (Å²) in [7, 11) is 0. The lowest BCUT2D eigenvalue weighted by atomic mass is 9.80. The van der Waals surface area contributed by atoms with Crippen molar-refractivity contribution in [1.29, 1.82) is 0 Å². The molecule has 3 rings (SSSR count). The van der Waals surface area contributed by atoms with Crippen molar-refractivity contribution in [3.63, 3.8) is 0 Å². The van der Waals surface area contributed by atoms with Gasteiger partial charge in [0.2, 0.25) is 0 Å². The highest BCUT2D eigenvalue weighted by Gasteiger charge is 2.49. The van der Waals surface area contributed by atoms with Gasteiger partial charge in [0.1, 0.15) is 36.6 Å². The number of ether oxygens (including phenoxy) is 3. The SMILES string of the molecule is NC[C@H]1C[C@H](O[C@H]2[C@H](O)[C@@H](O[C@H]3O[C@H](CO)[C@@H](O)[C@H](O)[C@H]3N)[C@H](N)C[C@@H]2N)[C@H](N)C[C@@H]1O. The summed E-state index contributed by atoms with van der Waals surface area (Å²) in [6, 6.07) is -2.89. The summed E-state index contributed by atoms with van der Waals surface area (Å²) in [6.07, 6.45) is -8.37. The van der Waals surface area contributed by atoms with Crippen molar-refractivity contribution in [3.05, 3.63) is 0 Å². The molecule has 0 aromatic carbocycles. The predicted octanol–water partition coefficient (Wildman–Crippen LogP) is -5.63. The molecule has 0 aromatic rings. The van der Waals surface area contributed by atoms with Gasteiger partial charge in [-0.1, -0.05) is 0 Å². The minimum absolute atomic E-state index is 0.178. The molecule has 15 N–H and O–H groups in total. The number of nitrogens with two attached hydrogens (primary N) is 5. The van der Waals surface area contributed by atoms with Gasteiger partial charge in [-0.15, -0.1) is 0 Å². The topological polar surface area (TPSA) is 259 Å². The van der Waals surface area contributed by atoms with Crippen molar-refractivity contribution in [2.75, 3.05) is 13.2 Å². The molecule has 13 heteroatoms. The molecule has 14 atom stereocenters. The number of hydrogen-bond acceptors (Lipinski definition) is 13. The Labute approximate surface area is 186 Å². The lowest BCUT2D eigenvalue weighted by Gasteiger charge is -2.48. The minimum Gasteiger partial charge on any atom is -0.394 e. The molecule has 32 heavy (non-hydrogen) atoms. The zero-order valence-electron chi connectivity index (χ0n) is 18.0. The van der Waals surface area contributed by atoms with E-state index < -0.39 is 85.9 Å². The second kappa shape index (κ2) is 10.8. The second-order valence-corrected chi connectivity index (χ2v) is 9.28. The van der Waals surface area contributed by atoms with Crippen LogP contribution in [0.1, 0.15) is 19.3 Å². The normalized spacial score (nSPS) is 52.7. The van der Waals surface area contributed by atoms with Crippen molar-refractivity contribution in [3.8, 4) is 0 Å². The standard InChI is InChI=1S/C19H39N5O8/c20-4-6-1-11(7(21)3-10(6)26)30-17-8(22)2-9(23)18(16(17)29)32-19-13(24)15(28)14(27)12(5-25)31-19/h6-19,25-29H,1-5,20-24H2/t6-,7-,8+,9-,10+,11+,12-,13-,14-,15-,16+,17-,18+,19-/m1/s1. The number of aliphatic hydroxyl groups is 5. The summed E-state index contributed by atoms with van der Waals surface area (Å²) in [5.41, 5.74) is 30.3. The Kier molecular flexibility index (Phi) is 8.82. The number of rotatable bonds is 6. The maximum atomic E-state index is 11.0. The van der Waals surface area contributed by atoms with Gasteiger partial charge in [0.25, 0.3) is 0 Å². The van der Waals surface area contributed by atoms with Crippen LogP contribution in [-0.2, 0) is 14.2 Å². The fourth-order valence-electron chi connectivity index (χ4n) is 4.88. The van der Waals surface area contributed by atoms with E-state index in [1.807, 2.05) is 0 Å². The first kappa shape index (κ1) is 26.1. The third kappa shape index (κ3) is 5.25. The first-order chi connectivity index (χ1) is 15.1. The van der Waals surface area contributed by atoms with Crippen LogP contribution >= 0.6 is 0 Å². The molecule has 0 radical (unpaired) electrons. The molecular weight excluding hydrogens is 426 g/mol. The fraction of sp³-hybridized carbons (Fsp3) is 1.00. The summed E-state index contributed by atoms with van der Waals surface area (Å²) in [5, 5.41) is 50.7. The molecule has 3 aliphatic rings. The third-order valence-corrected chi connectivity index (χ3v) is 6.99. The van der Waals surface area contributed by atoms with Crippen molar-refractivity contribution in [1.82, 2.24) is 0 Å². The Bertz CT molecular complexity index is 606. The van der Waals surface area contributed by atoms with Crippen LogP contribution in [-0.4, -0.2) is 118 Å². The zero-order valence-corrected chi connectivity index (χ0v) is 18.0. The molecule has 2 aliphatic carbocycles. The van der Waals surface area contributed by atoms with Gasteiger partial charge in [-0.05, 0) is 31.7 Å². The van der Waals surface area contributed by atoms with Crippen LogP contribution in [0.25, 0.3) is 0 Å². The summed E-state index contributed by atoms with van der Waals surface area (Å²) in [4.78, 5) is 0. The Morgan fingerprint density at radius 2 is 1.41 bits per heavy atom. The Morgan fingerprint density at radius 1 is 0.781 bits per heavy atom. The molecular formula is C19H39N5O8. The summed E-state index contributed by atoms with van der Waals surface area (Å²) in [5.74, 6) is -0.178. The van der Waals surface area contributed by atoms with Gasteiger partial charge in [-0.25, -0.2) is 0 Å². The zero-order chi connectivity index (χ0) is 23.7. The number of hydrogen-bond donors (Lipinski definition) is 10. The van der Waals surface area contributed by atoms with Gasteiger partial charge in [-0.2, -0.15) is 0 Å². The van der Waals surface area contributed by atoms with E-state index >= 15 is 0 Å². The molecule has 3 fully saturated rings. The molecule has 2 saturated carbocycles. The van der Waals surface area contributed by atoms with Crippen LogP contribution in [0.3, 0.4) is 0 Å². The Morgan fingerprint density at radius 3 is 2.00 bits per heavy atom. The number of aliphatic hydroxyl groups excluding tert-OH is 5. The maximum absolute atomic E-state index is 11.0. The van der Waals surface area contributed by atoms with E-state index in [1.165, 1.54) is 0 Å². The molecule has 1 heterocycles. The average molecular weight is 466 g/mol. The molecule has 0 amide bonds. The van der Waals surface area contributed by atoms with E-state index in [4.69, 9.17) is 42.9 Å². The van der Waals surface area contributed by atoms with Gasteiger partial charge in [-0.3, -0.25) is 0 Å². The van der Waals surface area contributed by atoms with Crippen LogP contribution in [0.15, 0.2) is 0 Å². The van der Waals surface area contributed by atoms with Crippen LogP contribution < -0.4 is 28.7 Å². The van der Waals surface area contributed by atoms with Gasteiger partial charge < -0.3 is 68.4 Å². The molecule has 1 aliphatic heterocycles. The predicted molar refractivity (Wildman–Crippen MR) is 112 cm³/mol. The van der Waals surface area contributed by atoms with E-state index in [-0.39, 0.29) is 18.9 Å². The van der Waals surface area contributed by atoms with Crippen LogP contribution in [0.5, 0.6) is 0 Å². The molecule has 0 aromatic heterocycles. The summed E-state index contributed by atoms with van der Waals surface area (Å²) in [6.45, 7) is -0.283. The third-order valence-electron chi connectivity index (χ3n) is 6.99. The highest BCUT2D eigenvalue weighted by Crippen LogP contribution is 2.32.